The van der Waals surface area contributed by atoms with Crippen LogP contribution in [0.1, 0.15) is 39.5 Å². The van der Waals surface area contributed by atoms with E-state index in [1.807, 2.05) is 6.08 Å². The van der Waals surface area contributed by atoms with Crippen molar-refractivity contribution in [3.05, 3.63) is 12.7 Å². The first kappa shape index (κ1) is 14.7. The van der Waals surface area contributed by atoms with Crippen molar-refractivity contribution in [1.29, 1.82) is 0 Å². The van der Waals surface area contributed by atoms with Gasteiger partial charge in [0.1, 0.15) is 0 Å². The van der Waals surface area contributed by atoms with Crippen molar-refractivity contribution < 1.29 is 9.47 Å². The zero-order chi connectivity index (χ0) is 11.5. The molecule has 0 heterocycles. The number of hydrogen-bond donors (Lipinski definition) is 0. The summed E-state index contributed by atoms with van der Waals surface area (Å²) in [6, 6.07) is 0. The summed E-state index contributed by atoms with van der Waals surface area (Å²) in [7, 11) is 1.70. The van der Waals surface area contributed by atoms with Crippen LogP contribution >= 0.6 is 0 Å². The van der Waals surface area contributed by atoms with E-state index in [-0.39, 0.29) is 6.10 Å². The summed E-state index contributed by atoms with van der Waals surface area (Å²) >= 11 is 0. The lowest BCUT2D eigenvalue weighted by atomic mass is 9.93. The minimum atomic E-state index is 0.191. The maximum Gasteiger partial charge on any atom is 0.0782 e. The molecule has 2 unspecified atom stereocenters. The van der Waals surface area contributed by atoms with Crippen molar-refractivity contribution >= 4 is 0 Å². The molecule has 15 heavy (non-hydrogen) atoms. The largest absolute Gasteiger partial charge is 0.382 e. The molecule has 2 nitrogen and oxygen atoms in total. The van der Waals surface area contributed by atoms with E-state index in [0.29, 0.717) is 19.1 Å². The maximum atomic E-state index is 5.74. The average Bonchev–Trinajstić information content (AvgIpc) is 2.27. The highest BCUT2D eigenvalue weighted by Gasteiger charge is 2.16. The predicted octanol–water partition coefficient (Wildman–Crippen LogP) is 3.42. The van der Waals surface area contributed by atoms with Crippen LogP contribution in [0.25, 0.3) is 0 Å². The van der Waals surface area contributed by atoms with Gasteiger partial charge >= 0.3 is 0 Å². The van der Waals surface area contributed by atoms with E-state index in [9.17, 15) is 0 Å². The lowest BCUT2D eigenvalue weighted by Gasteiger charge is -2.23. The van der Waals surface area contributed by atoms with Crippen molar-refractivity contribution in [3.8, 4) is 0 Å². The Morgan fingerprint density at radius 1 is 1.27 bits per heavy atom. The van der Waals surface area contributed by atoms with Gasteiger partial charge in [0.05, 0.1) is 19.3 Å². The van der Waals surface area contributed by atoms with Gasteiger partial charge in [-0.3, -0.25) is 0 Å². The zero-order valence-electron chi connectivity index (χ0n) is 10.5. The monoisotopic (exact) mass is 214 g/mol. The molecule has 2 heteroatoms. The second-order valence-electron chi connectivity index (χ2n) is 3.87. The summed E-state index contributed by atoms with van der Waals surface area (Å²) < 4.78 is 10.7. The van der Waals surface area contributed by atoms with Gasteiger partial charge < -0.3 is 9.47 Å². The summed E-state index contributed by atoms with van der Waals surface area (Å²) in [4.78, 5) is 0. The van der Waals surface area contributed by atoms with E-state index in [4.69, 9.17) is 9.47 Å². The number of rotatable bonds is 10. The van der Waals surface area contributed by atoms with Crippen molar-refractivity contribution in [2.45, 2.75) is 45.6 Å². The molecular weight excluding hydrogens is 188 g/mol. The summed E-state index contributed by atoms with van der Waals surface area (Å²) in [5.74, 6) is 0.610. The van der Waals surface area contributed by atoms with Crippen molar-refractivity contribution in [2.24, 2.45) is 5.92 Å². The van der Waals surface area contributed by atoms with Crippen LogP contribution in [0.5, 0.6) is 0 Å². The summed E-state index contributed by atoms with van der Waals surface area (Å²) in [6.45, 7) is 9.62. The molecule has 0 bridgehead atoms. The van der Waals surface area contributed by atoms with Gasteiger partial charge in [-0.25, -0.2) is 0 Å². The van der Waals surface area contributed by atoms with Crippen molar-refractivity contribution in [2.75, 3.05) is 20.3 Å². The molecule has 0 saturated carbocycles. The predicted molar refractivity (Wildman–Crippen MR) is 65.1 cm³/mol. The van der Waals surface area contributed by atoms with Crippen LogP contribution in [0.4, 0.5) is 0 Å². The minimum absolute atomic E-state index is 0.191. The smallest absolute Gasteiger partial charge is 0.0782 e. The molecule has 0 aliphatic rings. The topological polar surface area (TPSA) is 18.5 Å². The highest BCUT2D eigenvalue weighted by molar-refractivity contribution is 4.85. The molecule has 0 fully saturated rings. The van der Waals surface area contributed by atoms with Crippen LogP contribution in [0.2, 0.25) is 0 Å². The molecule has 0 radical (unpaired) electrons. The van der Waals surface area contributed by atoms with Crippen LogP contribution in [0.15, 0.2) is 12.7 Å². The molecule has 0 aromatic carbocycles. The van der Waals surface area contributed by atoms with Gasteiger partial charge in [0, 0.05) is 7.11 Å². The van der Waals surface area contributed by atoms with Crippen LogP contribution in [0, 0.1) is 5.92 Å². The number of methoxy groups -OCH3 is 1. The summed E-state index contributed by atoms with van der Waals surface area (Å²) in [6.07, 6.45) is 7.03. The lowest BCUT2D eigenvalue weighted by Crippen LogP contribution is -2.23. The van der Waals surface area contributed by atoms with E-state index in [0.717, 1.165) is 6.42 Å². The van der Waals surface area contributed by atoms with Gasteiger partial charge in [-0.15, -0.1) is 6.58 Å². The average molecular weight is 214 g/mol. The van der Waals surface area contributed by atoms with E-state index in [1.165, 1.54) is 19.3 Å². The first-order chi connectivity index (χ1) is 7.29. The van der Waals surface area contributed by atoms with Gasteiger partial charge in [-0.2, -0.15) is 0 Å². The van der Waals surface area contributed by atoms with Crippen LogP contribution in [0.3, 0.4) is 0 Å². The third kappa shape index (κ3) is 6.69. The molecule has 0 spiro atoms. The molecule has 90 valence electrons. The maximum absolute atomic E-state index is 5.74. The highest BCUT2D eigenvalue weighted by Crippen LogP contribution is 2.20. The van der Waals surface area contributed by atoms with Crippen LogP contribution in [-0.2, 0) is 9.47 Å². The number of ether oxygens (including phenoxy) is 2. The standard InChI is InChI=1S/C13H26O2/c1-5-8-9-12(6-2)13(7-3)15-11-10-14-4/h7,12-13H,3,5-6,8-11H2,1-2,4H3. The second kappa shape index (κ2) is 10.2. The van der Waals surface area contributed by atoms with Gasteiger partial charge in [0.2, 0.25) is 0 Å². The minimum Gasteiger partial charge on any atom is -0.382 e. The van der Waals surface area contributed by atoms with E-state index in [2.05, 4.69) is 20.4 Å². The third-order valence-corrected chi connectivity index (χ3v) is 2.75. The Hall–Kier alpha value is -0.340. The molecule has 0 saturated heterocycles. The van der Waals surface area contributed by atoms with E-state index >= 15 is 0 Å². The molecule has 0 aromatic heterocycles. The fourth-order valence-electron chi connectivity index (χ4n) is 1.73. The lowest BCUT2D eigenvalue weighted by molar-refractivity contribution is 0.00903. The van der Waals surface area contributed by atoms with Gasteiger partial charge in [0.15, 0.2) is 0 Å². The van der Waals surface area contributed by atoms with Gasteiger partial charge in [0.25, 0.3) is 0 Å². The molecule has 2 atom stereocenters. The number of hydrogen-bond acceptors (Lipinski definition) is 2. The molecule has 0 aliphatic carbocycles. The third-order valence-electron chi connectivity index (χ3n) is 2.75. The molecular formula is C13H26O2. The normalized spacial score (nSPS) is 14.9. The first-order valence-corrected chi connectivity index (χ1v) is 6.03. The Labute approximate surface area is 94.7 Å². The quantitative estimate of drug-likeness (QED) is 0.410. The summed E-state index contributed by atoms with van der Waals surface area (Å²) in [5, 5.41) is 0. The number of unbranched alkanes of at least 4 members (excludes halogenated alkanes) is 1. The van der Waals surface area contributed by atoms with Crippen LogP contribution in [-0.4, -0.2) is 26.4 Å². The molecule has 0 rings (SSSR count). The second-order valence-corrected chi connectivity index (χ2v) is 3.87. The fraction of sp³-hybridized carbons (Fsp3) is 0.846. The van der Waals surface area contributed by atoms with Crippen LogP contribution < -0.4 is 0 Å². The summed E-state index contributed by atoms with van der Waals surface area (Å²) in [5.41, 5.74) is 0. The van der Waals surface area contributed by atoms with Gasteiger partial charge in [-0.1, -0.05) is 39.2 Å². The molecule has 0 N–H and O–H groups in total. The fourth-order valence-corrected chi connectivity index (χ4v) is 1.73. The molecule has 0 amide bonds. The molecule has 0 aliphatic heterocycles. The highest BCUT2D eigenvalue weighted by atomic mass is 16.5. The Kier molecular flexibility index (Phi) is 9.96. The Morgan fingerprint density at radius 3 is 2.47 bits per heavy atom. The SMILES string of the molecule is C=CC(OCCOC)C(CC)CCCC. The van der Waals surface area contributed by atoms with E-state index in [1.54, 1.807) is 7.11 Å². The van der Waals surface area contributed by atoms with E-state index < -0.39 is 0 Å². The van der Waals surface area contributed by atoms with Crippen molar-refractivity contribution in [1.82, 2.24) is 0 Å². The zero-order valence-corrected chi connectivity index (χ0v) is 10.5. The Morgan fingerprint density at radius 2 is 2.00 bits per heavy atom. The first-order valence-electron chi connectivity index (χ1n) is 6.03. The Balaban J connectivity index is 3.91. The Bertz CT molecular complexity index is 145. The van der Waals surface area contributed by atoms with Crippen molar-refractivity contribution in [3.63, 3.8) is 0 Å². The van der Waals surface area contributed by atoms with Gasteiger partial charge in [-0.05, 0) is 12.3 Å². The molecule has 0 aromatic rings.